The molecular formula is C17H16FN5O2. The number of rotatable bonds is 6. The number of methoxy groups -OCH3 is 1. The van der Waals surface area contributed by atoms with Crippen molar-refractivity contribution in [2.75, 3.05) is 12.4 Å². The quantitative estimate of drug-likeness (QED) is 0.718. The van der Waals surface area contributed by atoms with Crippen molar-refractivity contribution in [1.29, 1.82) is 0 Å². The Morgan fingerprint density at radius 1 is 1.20 bits per heavy atom. The molecule has 0 unspecified atom stereocenters. The molecule has 3 rings (SSSR count). The summed E-state index contributed by atoms with van der Waals surface area (Å²) in [7, 11) is 1.59. The van der Waals surface area contributed by atoms with Crippen molar-refractivity contribution in [3.05, 3.63) is 65.7 Å². The Bertz CT molecular complexity index is 819. The van der Waals surface area contributed by atoms with E-state index in [-0.39, 0.29) is 17.5 Å². The molecule has 2 N–H and O–H groups in total. The van der Waals surface area contributed by atoms with Crippen LogP contribution in [0.25, 0.3) is 0 Å². The Kier molecular flexibility index (Phi) is 4.98. The fraction of sp³-hybridized carbons (Fsp3) is 0.176. The molecule has 0 saturated carbocycles. The van der Waals surface area contributed by atoms with E-state index in [0.717, 1.165) is 11.3 Å². The number of benzene rings is 2. The first-order valence-corrected chi connectivity index (χ1v) is 7.58. The van der Waals surface area contributed by atoms with Crippen LogP contribution in [0.2, 0.25) is 0 Å². The van der Waals surface area contributed by atoms with Gasteiger partial charge < -0.3 is 10.1 Å². The number of carbonyl (C=O) groups is 1. The topological polar surface area (TPSA) is 92.8 Å². The number of aromatic nitrogens is 4. The summed E-state index contributed by atoms with van der Waals surface area (Å²) in [6, 6.07) is 12.9. The van der Waals surface area contributed by atoms with Gasteiger partial charge in [0.25, 0.3) is 0 Å². The normalized spacial score (nSPS) is 11.8. The number of aromatic amines is 1. The van der Waals surface area contributed by atoms with E-state index in [4.69, 9.17) is 4.74 Å². The van der Waals surface area contributed by atoms with Crippen LogP contribution in [0.15, 0.2) is 48.5 Å². The number of anilines is 1. The lowest BCUT2D eigenvalue weighted by Gasteiger charge is -2.14. The monoisotopic (exact) mass is 341 g/mol. The highest BCUT2D eigenvalue weighted by Crippen LogP contribution is 2.21. The van der Waals surface area contributed by atoms with E-state index >= 15 is 0 Å². The van der Waals surface area contributed by atoms with Crippen LogP contribution >= 0.6 is 0 Å². The number of hydrogen-bond donors (Lipinski definition) is 2. The Hall–Kier alpha value is -3.29. The van der Waals surface area contributed by atoms with Crippen LogP contribution < -0.4 is 10.1 Å². The number of halogens is 1. The molecule has 1 atom stereocenters. The van der Waals surface area contributed by atoms with Gasteiger partial charge in [-0.15, -0.1) is 10.2 Å². The Balaban J connectivity index is 1.79. The van der Waals surface area contributed by atoms with Crippen molar-refractivity contribution in [2.45, 2.75) is 12.3 Å². The van der Waals surface area contributed by atoms with Gasteiger partial charge in [0.15, 0.2) is 5.82 Å². The number of nitrogens with one attached hydrogen (secondary N) is 2. The fourth-order valence-electron chi connectivity index (χ4n) is 2.38. The van der Waals surface area contributed by atoms with E-state index in [1.54, 1.807) is 7.11 Å². The van der Waals surface area contributed by atoms with E-state index in [2.05, 4.69) is 25.9 Å². The maximum Gasteiger partial charge on any atom is 0.235 e. The maximum absolute atomic E-state index is 13.0. The van der Waals surface area contributed by atoms with Crippen LogP contribution in [0.3, 0.4) is 0 Å². The molecule has 1 aromatic heterocycles. The molecule has 0 fully saturated rings. The highest BCUT2D eigenvalue weighted by Gasteiger charge is 2.25. The SMILES string of the molecule is COc1ccc(C[C@H](C(=O)Nc2ccc(F)cc2)c2nn[nH]n2)cc1. The van der Waals surface area contributed by atoms with E-state index in [9.17, 15) is 9.18 Å². The summed E-state index contributed by atoms with van der Waals surface area (Å²) in [6.07, 6.45) is 0.385. The first-order chi connectivity index (χ1) is 12.2. The lowest BCUT2D eigenvalue weighted by molar-refractivity contribution is -0.117. The third-order valence-corrected chi connectivity index (χ3v) is 3.70. The molecule has 1 amide bonds. The molecule has 25 heavy (non-hydrogen) atoms. The van der Waals surface area contributed by atoms with Gasteiger partial charge in [-0.25, -0.2) is 4.39 Å². The molecule has 1 heterocycles. The van der Waals surface area contributed by atoms with Crippen LogP contribution in [0, 0.1) is 5.82 Å². The molecule has 128 valence electrons. The number of amides is 1. The van der Waals surface area contributed by atoms with E-state index < -0.39 is 5.92 Å². The van der Waals surface area contributed by atoms with Crippen molar-refractivity contribution in [1.82, 2.24) is 20.6 Å². The predicted molar refractivity (Wildman–Crippen MR) is 88.6 cm³/mol. The highest BCUT2D eigenvalue weighted by molar-refractivity contribution is 5.95. The van der Waals surface area contributed by atoms with Crippen LogP contribution in [0.1, 0.15) is 17.3 Å². The second-order valence-corrected chi connectivity index (χ2v) is 5.37. The van der Waals surface area contributed by atoms with Gasteiger partial charge >= 0.3 is 0 Å². The summed E-state index contributed by atoms with van der Waals surface area (Å²) in [6.45, 7) is 0. The average molecular weight is 341 g/mol. The van der Waals surface area contributed by atoms with Gasteiger partial charge in [0.1, 0.15) is 17.5 Å². The molecule has 8 heteroatoms. The third-order valence-electron chi connectivity index (χ3n) is 3.70. The molecule has 3 aromatic rings. The molecule has 0 spiro atoms. The van der Waals surface area contributed by atoms with Crippen molar-refractivity contribution < 1.29 is 13.9 Å². The molecule has 0 bridgehead atoms. The molecule has 0 aliphatic rings. The van der Waals surface area contributed by atoms with Gasteiger partial charge in [-0.1, -0.05) is 17.3 Å². The number of carbonyl (C=O) groups excluding carboxylic acids is 1. The molecule has 0 aliphatic heterocycles. The van der Waals surface area contributed by atoms with E-state index in [1.807, 2.05) is 24.3 Å². The summed E-state index contributed by atoms with van der Waals surface area (Å²) in [4.78, 5) is 12.7. The Morgan fingerprint density at radius 3 is 2.52 bits per heavy atom. The fourth-order valence-corrected chi connectivity index (χ4v) is 2.38. The van der Waals surface area contributed by atoms with Crippen LogP contribution in [0.4, 0.5) is 10.1 Å². The minimum Gasteiger partial charge on any atom is -0.497 e. The van der Waals surface area contributed by atoms with Gasteiger partial charge in [-0.3, -0.25) is 4.79 Å². The average Bonchev–Trinajstić information content (AvgIpc) is 3.16. The predicted octanol–water partition coefficient (Wildman–Crippen LogP) is 2.31. The number of hydrogen-bond acceptors (Lipinski definition) is 5. The van der Waals surface area contributed by atoms with Gasteiger partial charge in [0, 0.05) is 5.69 Å². The number of tetrazole rings is 1. The van der Waals surface area contributed by atoms with Gasteiger partial charge in [-0.2, -0.15) is 5.21 Å². The minimum atomic E-state index is -0.641. The lowest BCUT2D eigenvalue weighted by Crippen LogP contribution is -2.24. The second-order valence-electron chi connectivity index (χ2n) is 5.37. The highest BCUT2D eigenvalue weighted by atomic mass is 19.1. The zero-order valence-electron chi connectivity index (χ0n) is 13.4. The first-order valence-electron chi connectivity index (χ1n) is 7.58. The molecule has 2 aromatic carbocycles. The van der Waals surface area contributed by atoms with Crippen molar-refractivity contribution in [2.24, 2.45) is 0 Å². The zero-order valence-corrected chi connectivity index (χ0v) is 13.4. The zero-order chi connectivity index (χ0) is 17.6. The largest absolute Gasteiger partial charge is 0.497 e. The van der Waals surface area contributed by atoms with Crippen molar-refractivity contribution >= 4 is 11.6 Å². The summed E-state index contributed by atoms with van der Waals surface area (Å²) >= 11 is 0. The minimum absolute atomic E-state index is 0.287. The Morgan fingerprint density at radius 2 is 1.92 bits per heavy atom. The van der Waals surface area contributed by atoms with E-state index in [1.165, 1.54) is 24.3 Å². The van der Waals surface area contributed by atoms with Gasteiger partial charge in [0.05, 0.1) is 7.11 Å². The number of nitrogens with zero attached hydrogens (tertiary/aromatic N) is 3. The summed E-state index contributed by atoms with van der Waals surface area (Å²) in [5, 5.41) is 16.5. The van der Waals surface area contributed by atoms with Crippen LogP contribution in [0.5, 0.6) is 5.75 Å². The first kappa shape index (κ1) is 16.6. The summed E-state index contributed by atoms with van der Waals surface area (Å²) in [5.41, 5.74) is 1.42. The maximum atomic E-state index is 13.0. The third kappa shape index (κ3) is 4.17. The van der Waals surface area contributed by atoms with E-state index in [0.29, 0.717) is 12.1 Å². The summed E-state index contributed by atoms with van der Waals surface area (Å²) in [5.74, 6) is -0.293. The van der Waals surface area contributed by atoms with Crippen LogP contribution in [-0.2, 0) is 11.2 Å². The smallest absolute Gasteiger partial charge is 0.235 e. The molecule has 0 radical (unpaired) electrons. The number of H-pyrrole nitrogens is 1. The number of ether oxygens (including phenoxy) is 1. The standard InChI is InChI=1S/C17H16FN5O2/c1-25-14-8-2-11(3-9-14)10-15(16-20-22-23-21-16)17(24)19-13-6-4-12(18)5-7-13/h2-9,15H,10H2,1H3,(H,19,24)(H,20,21,22,23)/t15-/m0/s1. The summed E-state index contributed by atoms with van der Waals surface area (Å²) < 4.78 is 18.1. The van der Waals surface area contributed by atoms with Crippen LogP contribution in [-0.4, -0.2) is 33.6 Å². The van der Waals surface area contributed by atoms with Gasteiger partial charge in [0.2, 0.25) is 5.91 Å². The molecular weight excluding hydrogens is 325 g/mol. The Labute approximate surface area is 143 Å². The molecule has 7 nitrogen and oxygen atoms in total. The second kappa shape index (κ2) is 7.52. The lowest BCUT2D eigenvalue weighted by atomic mass is 9.97. The molecule has 0 saturated heterocycles. The van der Waals surface area contributed by atoms with Crippen molar-refractivity contribution in [3.8, 4) is 5.75 Å². The van der Waals surface area contributed by atoms with Gasteiger partial charge in [-0.05, 0) is 48.4 Å². The molecule has 0 aliphatic carbocycles. The van der Waals surface area contributed by atoms with Crippen molar-refractivity contribution in [3.63, 3.8) is 0 Å².